The summed E-state index contributed by atoms with van der Waals surface area (Å²) in [7, 11) is 0. The molecule has 5 aromatic heterocycles. The van der Waals surface area contributed by atoms with Crippen molar-refractivity contribution >= 4 is 81.7 Å². The number of benzene rings is 8. The number of fused-ring (bicyclic) bond motifs is 12. The Bertz CT molecular complexity index is 3530. The van der Waals surface area contributed by atoms with E-state index in [2.05, 4.69) is 196 Å². The van der Waals surface area contributed by atoms with Gasteiger partial charge in [-0.1, -0.05) is 140 Å². The molecule has 0 N–H and O–H groups in total. The minimum absolute atomic E-state index is 0.568. The maximum Gasteiger partial charge on any atom is 0.240 e. The second kappa shape index (κ2) is 11.4. The molecule has 0 fully saturated rings. The molecule has 6 heteroatoms. The summed E-state index contributed by atoms with van der Waals surface area (Å²) in [6.07, 6.45) is 0. The summed E-state index contributed by atoms with van der Waals surface area (Å²) < 4.78 is 6.80. The first-order valence-electron chi connectivity index (χ1n) is 19.3. The van der Waals surface area contributed by atoms with Gasteiger partial charge in [0.2, 0.25) is 11.9 Å². The quantitative estimate of drug-likeness (QED) is 0.181. The van der Waals surface area contributed by atoms with Crippen LogP contribution in [0.4, 0.5) is 0 Å². The van der Waals surface area contributed by atoms with Crippen LogP contribution in [0.25, 0.3) is 116 Å². The fraction of sp³-hybridized carbons (Fsp3) is 0. The molecule has 57 heavy (non-hydrogen) atoms. The van der Waals surface area contributed by atoms with Gasteiger partial charge >= 0.3 is 0 Å². The van der Waals surface area contributed by atoms with Gasteiger partial charge < -0.3 is 4.40 Å². The molecule has 0 unspecified atom stereocenters. The SMILES string of the molecule is c1cc(-c2nc(-n3c4ccccc4c4ccccc43)nc(-n3c4ccccc4c4ccccc43)n2)cc(-c2cccc3c2c2cccc4c5ccccc5n3c42)c1. The lowest BCUT2D eigenvalue weighted by Gasteiger charge is -2.13. The molecule has 0 bridgehead atoms. The first-order chi connectivity index (χ1) is 28.3. The maximum absolute atomic E-state index is 5.34. The molecule has 0 aliphatic rings. The number of hydrogen-bond donors (Lipinski definition) is 0. The molecule has 0 saturated heterocycles. The molecule has 0 atom stereocenters. The van der Waals surface area contributed by atoms with Crippen LogP contribution in [0.5, 0.6) is 0 Å². The zero-order valence-electron chi connectivity index (χ0n) is 30.5. The second-order valence-corrected chi connectivity index (χ2v) is 14.8. The van der Waals surface area contributed by atoms with Crippen LogP contribution >= 0.6 is 0 Å². The number of nitrogens with zero attached hydrogens (tertiary/aromatic N) is 6. The van der Waals surface area contributed by atoms with Crippen LogP contribution < -0.4 is 0 Å². The number of para-hydroxylation sites is 6. The van der Waals surface area contributed by atoms with Crippen LogP contribution in [0.1, 0.15) is 0 Å². The van der Waals surface area contributed by atoms with Gasteiger partial charge in [0.05, 0.1) is 38.6 Å². The first-order valence-corrected chi connectivity index (χ1v) is 19.3. The van der Waals surface area contributed by atoms with E-state index in [-0.39, 0.29) is 0 Å². The fourth-order valence-corrected chi connectivity index (χ4v) is 9.51. The Labute approximate surface area is 325 Å². The molecule has 0 radical (unpaired) electrons. The van der Waals surface area contributed by atoms with Crippen LogP contribution in [0.2, 0.25) is 0 Å². The van der Waals surface area contributed by atoms with E-state index in [4.69, 9.17) is 15.0 Å². The van der Waals surface area contributed by atoms with Crippen LogP contribution in [0.3, 0.4) is 0 Å². The normalized spacial score (nSPS) is 12.2. The summed E-state index contributed by atoms with van der Waals surface area (Å²) in [5.74, 6) is 1.74. The van der Waals surface area contributed by atoms with Crippen molar-refractivity contribution in [1.29, 1.82) is 0 Å². The van der Waals surface area contributed by atoms with Gasteiger partial charge in [-0.2, -0.15) is 15.0 Å². The fourth-order valence-electron chi connectivity index (χ4n) is 9.51. The summed E-state index contributed by atoms with van der Waals surface area (Å²) in [5.41, 5.74) is 11.1. The second-order valence-electron chi connectivity index (χ2n) is 14.8. The number of rotatable bonds is 4. The van der Waals surface area contributed by atoms with Gasteiger partial charge in [-0.3, -0.25) is 9.13 Å². The van der Waals surface area contributed by atoms with Crippen molar-refractivity contribution in [1.82, 2.24) is 28.5 Å². The van der Waals surface area contributed by atoms with Gasteiger partial charge in [0, 0.05) is 48.7 Å². The molecule has 0 spiro atoms. The van der Waals surface area contributed by atoms with Gasteiger partial charge in [0.1, 0.15) is 0 Å². The minimum Gasteiger partial charge on any atom is -0.308 e. The highest BCUT2D eigenvalue weighted by Gasteiger charge is 2.22. The highest BCUT2D eigenvalue weighted by Crippen LogP contribution is 2.43. The van der Waals surface area contributed by atoms with E-state index in [1.807, 2.05) is 0 Å². The third kappa shape index (κ3) is 4.16. The van der Waals surface area contributed by atoms with Gasteiger partial charge in [-0.25, -0.2) is 0 Å². The lowest BCUT2D eigenvalue weighted by atomic mass is 9.97. The van der Waals surface area contributed by atoms with E-state index in [1.165, 1.54) is 43.7 Å². The summed E-state index contributed by atoms with van der Waals surface area (Å²) in [6, 6.07) is 64.7. The smallest absolute Gasteiger partial charge is 0.240 e. The van der Waals surface area contributed by atoms with Crippen LogP contribution in [-0.4, -0.2) is 28.5 Å². The molecule has 0 saturated carbocycles. The Morgan fingerprint density at radius 2 is 0.737 bits per heavy atom. The Kier molecular flexibility index (Phi) is 6.07. The van der Waals surface area contributed by atoms with E-state index in [0.29, 0.717) is 17.7 Å². The molecular formula is C51H30N6. The van der Waals surface area contributed by atoms with Crippen LogP contribution in [0, 0.1) is 0 Å². The van der Waals surface area contributed by atoms with E-state index >= 15 is 0 Å². The molecule has 264 valence electrons. The average molecular weight is 727 g/mol. The van der Waals surface area contributed by atoms with Crippen molar-refractivity contribution in [3.63, 3.8) is 0 Å². The lowest BCUT2D eigenvalue weighted by Crippen LogP contribution is -2.10. The van der Waals surface area contributed by atoms with Crippen molar-refractivity contribution in [2.24, 2.45) is 0 Å². The standard InChI is InChI=1S/C51H30N6/c1-7-25-42-34(16-1)35-17-2-8-26-43(35)56(42)50-52-49(53-51(54-50)57-44-27-9-3-18-36(44)37-19-4-10-28-45(37)57)32-15-11-14-31(30-32)33-21-13-29-46-47(33)40-23-12-22-39-38-20-5-6-24-41(38)55(46)48(39)40/h1-30H. The van der Waals surface area contributed by atoms with Crippen molar-refractivity contribution in [3.8, 4) is 34.4 Å². The number of hydrogen-bond acceptors (Lipinski definition) is 3. The van der Waals surface area contributed by atoms with Crippen molar-refractivity contribution < 1.29 is 0 Å². The van der Waals surface area contributed by atoms with Gasteiger partial charge in [0.15, 0.2) is 5.82 Å². The monoisotopic (exact) mass is 726 g/mol. The summed E-state index contributed by atoms with van der Waals surface area (Å²) in [4.78, 5) is 16.0. The zero-order valence-corrected chi connectivity index (χ0v) is 30.5. The van der Waals surface area contributed by atoms with E-state index in [0.717, 1.165) is 54.7 Å². The highest BCUT2D eigenvalue weighted by atomic mass is 15.3. The molecule has 13 aromatic rings. The first kappa shape index (κ1) is 30.5. The third-order valence-corrected chi connectivity index (χ3v) is 11.9. The molecule has 0 aliphatic carbocycles. The maximum atomic E-state index is 5.34. The molecule has 0 aliphatic heterocycles. The minimum atomic E-state index is 0.568. The zero-order chi connectivity index (χ0) is 37.2. The van der Waals surface area contributed by atoms with Crippen molar-refractivity contribution in [3.05, 3.63) is 182 Å². The molecule has 13 rings (SSSR count). The molecular weight excluding hydrogens is 697 g/mol. The third-order valence-electron chi connectivity index (χ3n) is 11.9. The van der Waals surface area contributed by atoms with E-state index < -0.39 is 0 Å². The molecule has 5 heterocycles. The Hall–Kier alpha value is -7.83. The van der Waals surface area contributed by atoms with Crippen LogP contribution in [-0.2, 0) is 0 Å². The molecule has 0 amide bonds. The van der Waals surface area contributed by atoms with Gasteiger partial charge in [0.25, 0.3) is 0 Å². The van der Waals surface area contributed by atoms with Crippen molar-refractivity contribution in [2.45, 2.75) is 0 Å². The van der Waals surface area contributed by atoms with Gasteiger partial charge in [-0.15, -0.1) is 0 Å². The van der Waals surface area contributed by atoms with Gasteiger partial charge in [-0.05, 0) is 53.6 Å². The average Bonchev–Trinajstić information content (AvgIpc) is 4.01. The Balaban J connectivity index is 1.08. The lowest BCUT2D eigenvalue weighted by molar-refractivity contribution is 0.893. The Morgan fingerprint density at radius 3 is 1.32 bits per heavy atom. The predicted molar refractivity (Wildman–Crippen MR) is 234 cm³/mol. The highest BCUT2D eigenvalue weighted by molar-refractivity contribution is 6.26. The van der Waals surface area contributed by atoms with Crippen LogP contribution in [0.15, 0.2) is 182 Å². The summed E-state index contributed by atoms with van der Waals surface area (Å²) in [6.45, 7) is 0. The van der Waals surface area contributed by atoms with E-state index in [9.17, 15) is 0 Å². The summed E-state index contributed by atoms with van der Waals surface area (Å²) >= 11 is 0. The van der Waals surface area contributed by atoms with E-state index in [1.54, 1.807) is 0 Å². The topological polar surface area (TPSA) is 52.9 Å². The Morgan fingerprint density at radius 1 is 0.316 bits per heavy atom. The largest absolute Gasteiger partial charge is 0.308 e. The molecule has 8 aromatic carbocycles. The molecule has 6 nitrogen and oxygen atoms in total. The summed E-state index contributed by atoms with van der Waals surface area (Å²) in [5, 5.41) is 9.67. The van der Waals surface area contributed by atoms with Crippen molar-refractivity contribution in [2.75, 3.05) is 0 Å². The predicted octanol–water partition coefficient (Wildman–Crippen LogP) is 12.5. The number of aromatic nitrogens is 6.